The summed E-state index contributed by atoms with van der Waals surface area (Å²) in [5, 5.41) is 12.1. The van der Waals surface area contributed by atoms with Gasteiger partial charge in [-0.1, -0.05) is 35.9 Å². The number of nitrogens with zero attached hydrogens (tertiary/aromatic N) is 1. The van der Waals surface area contributed by atoms with E-state index in [2.05, 4.69) is 49.9 Å². The van der Waals surface area contributed by atoms with E-state index in [4.69, 9.17) is 11.6 Å². The number of aromatic nitrogens is 1. The monoisotopic (exact) mass is 523 g/mol. The van der Waals surface area contributed by atoms with E-state index in [0.717, 1.165) is 62.4 Å². The van der Waals surface area contributed by atoms with Crippen LogP contribution in [0.3, 0.4) is 0 Å². The van der Waals surface area contributed by atoms with E-state index < -0.39 is 20.7 Å². The normalized spacial score (nSPS) is 15.6. The molecule has 4 N–H and O–H groups in total. The number of nitrogens with one attached hydrogen (secondary N) is 4. The summed E-state index contributed by atoms with van der Waals surface area (Å²) in [7, 11) is -4.12. The van der Waals surface area contributed by atoms with Crippen molar-refractivity contribution in [1.29, 1.82) is 0 Å². The van der Waals surface area contributed by atoms with Crippen LogP contribution in [0.2, 0.25) is 5.02 Å². The van der Waals surface area contributed by atoms with Crippen LogP contribution in [0.25, 0.3) is 0 Å². The van der Waals surface area contributed by atoms with Crippen molar-refractivity contribution in [2.75, 3.05) is 29.7 Å². The van der Waals surface area contributed by atoms with E-state index in [1.165, 1.54) is 17.3 Å². The van der Waals surface area contributed by atoms with Gasteiger partial charge in [0.2, 0.25) is 0 Å². The molecular weight excluding hydrogens is 497 g/mol. The van der Waals surface area contributed by atoms with Crippen molar-refractivity contribution in [3.8, 4) is 0 Å². The fourth-order valence-corrected chi connectivity index (χ4v) is 6.02. The zero-order chi connectivity index (χ0) is 24.0. The molecule has 0 aliphatic carbocycles. The number of rotatable bonds is 11. The molecule has 0 fully saturated rings. The van der Waals surface area contributed by atoms with Crippen LogP contribution in [-0.4, -0.2) is 39.1 Å². The summed E-state index contributed by atoms with van der Waals surface area (Å²) in [6.45, 7) is 3.29. The number of anilines is 2. The quantitative estimate of drug-likeness (QED) is 0.281. The Hall–Kier alpha value is -2.24. The van der Waals surface area contributed by atoms with Crippen molar-refractivity contribution in [2.24, 2.45) is 0 Å². The standard InChI is InChI=1S/C23H27ClFN5O2S2/c24-19-12-22(34(31,32)30-23-28-9-10-33-23)20(25)13-21(19)27-8-4-3-7-26-15-18-11-16-5-1-2-6-17(16)14-29-18/h1-2,5-6,9-10,12-13,18,26-27,29H,3-4,7-8,11,14-15H2,(H,28,30). The molecule has 0 spiro atoms. The summed E-state index contributed by atoms with van der Waals surface area (Å²) in [5.41, 5.74) is 3.16. The highest BCUT2D eigenvalue weighted by atomic mass is 35.5. The molecule has 1 unspecified atom stereocenters. The van der Waals surface area contributed by atoms with Crippen LogP contribution in [0.15, 0.2) is 52.9 Å². The average molecular weight is 524 g/mol. The van der Waals surface area contributed by atoms with Crippen LogP contribution in [0.5, 0.6) is 0 Å². The van der Waals surface area contributed by atoms with E-state index >= 15 is 0 Å². The molecule has 1 atom stereocenters. The largest absolute Gasteiger partial charge is 0.384 e. The lowest BCUT2D eigenvalue weighted by Gasteiger charge is -2.26. The first-order valence-electron chi connectivity index (χ1n) is 11.1. The Labute approximate surface area is 208 Å². The second kappa shape index (κ2) is 11.5. The second-order valence-electron chi connectivity index (χ2n) is 8.09. The summed E-state index contributed by atoms with van der Waals surface area (Å²) >= 11 is 7.32. The molecule has 0 radical (unpaired) electrons. The number of thiazole rings is 1. The van der Waals surface area contributed by atoms with Crippen LogP contribution in [0.4, 0.5) is 15.2 Å². The minimum absolute atomic E-state index is 0.141. The third-order valence-electron chi connectivity index (χ3n) is 5.62. The van der Waals surface area contributed by atoms with Crippen molar-refractivity contribution in [3.05, 3.63) is 69.9 Å². The zero-order valence-electron chi connectivity index (χ0n) is 18.5. The Morgan fingerprint density at radius 2 is 1.97 bits per heavy atom. The van der Waals surface area contributed by atoms with Gasteiger partial charge in [0.15, 0.2) is 5.13 Å². The summed E-state index contributed by atoms with van der Waals surface area (Å²) < 4.78 is 41.7. The maximum absolute atomic E-state index is 14.5. The lowest BCUT2D eigenvalue weighted by molar-refractivity contribution is 0.445. The lowest BCUT2D eigenvalue weighted by Crippen LogP contribution is -2.43. The molecule has 0 saturated heterocycles. The maximum Gasteiger partial charge on any atom is 0.266 e. The fourth-order valence-electron chi connectivity index (χ4n) is 3.85. The maximum atomic E-state index is 14.5. The minimum atomic E-state index is -4.12. The van der Waals surface area contributed by atoms with Gasteiger partial charge in [0.1, 0.15) is 10.7 Å². The topological polar surface area (TPSA) is 95.2 Å². The van der Waals surface area contributed by atoms with Gasteiger partial charge in [0.05, 0.1) is 10.7 Å². The van der Waals surface area contributed by atoms with Crippen molar-refractivity contribution in [3.63, 3.8) is 0 Å². The lowest BCUT2D eigenvalue weighted by atomic mass is 9.96. The van der Waals surface area contributed by atoms with E-state index in [1.807, 2.05) is 0 Å². The van der Waals surface area contributed by atoms with Crippen LogP contribution < -0.4 is 20.7 Å². The van der Waals surface area contributed by atoms with Crippen LogP contribution in [0, 0.1) is 5.82 Å². The van der Waals surface area contributed by atoms with Gasteiger partial charge in [-0.05, 0) is 49.1 Å². The first kappa shape index (κ1) is 24.9. The molecule has 34 heavy (non-hydrogen) atoms. The van der Waals surface area contributed by atoms with Crippen molar-refractivity contribution in [1.82, 2.24) is 15.6 Å². The zero-order valence-corrected chi connectivity index (χ0v) is 20.9. The van der Waals surface area contributed by atoms with E-state index in [1.54, 1.807) is 5.38 Å². The van der Waals surface area contributed by atoms with Gasteiger partial charge < -0.3 is 16.0 Å². The molecule has 2 aromatic carbocycles. The Morgan fingerprint density at radius 3 is 2.76 bits per heavy atom. The molecule has 11 heteroatoms. The molecule has 0 bridgehead atoms. The van der Waals surface area contributed by atoms with Crippen LogP contribution in [0.1, 0.15) is 24.0 Å². The van der Waals surface area contributed by atoms with Gasteiger partial charge >= 0.3 is 0 Å². The molecule has 1 aromatic heterocycles. The number of benzene rings is 2. The predicted molar refractivity (Wildman–Crippen MR) is 136 cm³/mol. The molecule has 182 valence electrons. The molecule has 0 saturated carbocycles. The molecular formula is C23H27ClFN5O2S2. The summed E-state index contributed by atoms with van der Waals surface area (Å²) in [5.74, 6) is -0.876. The Kier molecular flexibility index (Phi) is 8.38. The number of halogens is 2. The van der Waals surface area contributed by atoms with Gasteiger partial charge in [-0.3, -0.25) is 4.72 Å². The number of unbranched alkanes of at least 4 members (excludes halogenated alkanes) is 1. The molecule has 7 nitrogen and oxygen atoms in total. The molecule has 1 aliphatic heterocycles. The SMILES string of the molecule is O=S(=O)(Nc1nccs1)c1cc(Cl)c(NCCCCNCC2Cc3ccccc3CN2)cc1F. The highest BCUT2D eigenvalue weighted by molar-refractivity contribution is 7.93. The van der Waals surface area contributed by atoms with Gasteiger partial charge in [0, 0.05) is 37.3 Å². The summed E-state index contributed by atoms with van der Waals surface area (Å²) in [6.07, 6.45) is 4.29. The Bertz CT molecular complexity index is 1210. The van der Waals surface area contributed by atoms with Gasteiger partial charge in [-0.25, -0.2) is 17.8 Å². The first-order valence-corrected chi connectivity index (χ1v) is 13.8. The van der Waals surface area contributed by atoms with E-state index in [-0.39, 0.29) is 10.2 Å². The molecule has 2 heterocycles. The molecule has 4 rings (SSSR count). The molecule has 0 amide bonds. The van der Waals surface area contributed by atoms with Gasteiger partial charge in [-0.2, -0.15) is 0 Å². The highest BCUT2D eigenvalue weighted by Gasteiger charge is 2.22. The smallest absolute Gasteiger partial charge is 0.266 e. The first-order chi connectivity index (χ1) is 16.4. The fraction of sp³-hybridized carbons (Fsp3) is 0.348. The van der Waals surface area contributed by atoms with E-state index in [0.29, 0.717) is 18.3 Å². The second-order valence-corrected chi connectivity index (χ2v) is 11.0. The number of hydrogen-bond acceptors (Lipinski definition) is 7. The van der Waals surface area contributed by atoms with Crippen molar-refractivity contribution >= 4 is 43.8 Å². The third kappa shape index (κ3) is 6.45. The van der Waals surface area contributed by atoms with Crippen molar-refractivity contribution < 1.29 is 12.8 Å². The Balaban J connectivity index is 1.18. The molecule has 3 aromatic rings. The van der Waals surface area contributed by atoms with Gasteiger partial charge in [0.25, 0.3) is 10.0 Å². The summed E-state index contributed by atoms with van der Waals surface area (Å²) in [4.78, 5) is 3.34. The highest BCUT2D eigenvalue weighted by Crippen LogP contribution is 2.29. The number of hydrogen-bond donors (Lipinski definition) is 4. The number of sulfonamides is 1. The Morgan fingerprint density at radius 1 is 1.18 bits per heavy atom. The molecule has 1 aliphatic rings. The third-order valence-corrected chi connectivity index (χ3v) is 8.10. The summed E-state index contributed by atoms with van der Waals surface area (Å²) in [6, 6.07) is 11.2. The average Bonchev–Trinajstić information content (AvgIpc) is 3.32. The predicted octanol–water partition coefficient (Wildman–Crippen LogP) is 4.23. The number of fused-ring (bicyclic) bond motifs is 1. The van der Waals surface area contributed by atoms with Crippen LogP contribution in [-0.2, 0) is 23.0 Å². The van der Waals surface area contributed by atoms with Gasteiger partial charge in [-0.15, -0.1) is 11.3 Å². The minimum Gasteiger partial charge on any atom is -0.384 e. The van der Waals surface area contributed by atoms with E-state index in [9.17, 15) is 12.8 Å². The van der Waals surface area contributed by atoms with Crippen LogP contribution >= 0.6 is 22.9 Å². The van der Waals surface area contributed by atoms with Crippen molar-refractivity contribution in [2.45, 2.75) is 36.7 Å².